The smallest absolute Gasteiger partial charge is 0.134 e. The Morgan fingerprint density at radius 1 is 1.47 bits per heavy atom. The fraction of sp³-hybridized carbons (Fsp3) is 0.333. The van der Waals surface area contributed by atoms with E-state index in [1.54, 1.807) is 12.1 Å². The molecule has 1 aromatic carbocycles. The van der Waals surface area contributed by atoms with Crippen LogP contribution in [0.15, 0.2) is 16.6 Å². The minimum absolute atomic E-state index is 0. The van der Waals surface area contributed by atoms with Gasteiger partial charge in [0, 0.05) is 23.2 Å². The summed E-state index contributed by atoms with van der Waals surface area (Å²) in [6.45, 7) is -0.0231. The van der Waals surface area contributed by atoms with Gasteiger partial charge in [-0.05, 0) is 34.5 Å². The molecule has 6 heteroatoms. The molecule has 0 radical (unpaired) electrons. The van der Waals surface area contributed by atoms with Crippen molar-refractivity contribution in [3.05, 3.63) is 27.2 Å². The fourth-order valence-electron chi connectivity index (χ4n) is 1.16. The number of phenols is 1. The first kappa shape index (κ1) is 15.0. The summed E-state index contributed by atoms with van der Waals surface area (Å²) in [6.07, 6.45) is 0.389. The van der Waals surface area contributed by atoms with E-state index in [4.69, 9.17) is 22.4 Å². The lowest BCUT2D eigenvalue weighted by Crippen LogP contribution is -2.12. The van der Waals surface area contributed by atoms with Crippen molar-refractivity contribution in [2.24, 2.45) is 5.73 Å². The van der Waals surface area contributed by atoms with Crippen LogP contribution in [-0.2, 0) is 0 Å². The molecule has 4 N–H and O–H groups in total. The molecule has 1 aromatic rings. The van der Waals surface area contributed by atoms with Gasteiger partial charge in [0.1, 0.15) is 5.75 Å². The molecule has 0 aliphatic carbocycles. The molecule has 1 atom stereocenters. The maximum absolute atomic E-state index is 9.65. The Hall–Kier alpha value is -0.000000000000000111. The van der Waals surface area contributed by atoms with Crippen LogP contribution in [0.5, 0.6) is 5.75 Å². The third-order valence-corrected chi connectivity index (χ3v) is 2.72. The highest BCUT2D eigenvalue weighted by Crippen LogP contribution is 2.35. The van der Waals surface area contributed by atoms with Gasteiger partial charge in [0.15, 0.2) is 0 Å². The van der Waals surface area contributed by atoms with E-state index >= 15 is 0 Å². The van der Waals surface area contributed by atoms with Crippen LogP contribution < -0.4 is 5.73 Å². The number of benzene rings is 1. The molecule has 0 aliphatic rings. The molecule has 0 amide bonds. The van der Waals surface area contributed by atoms with Crippen molar-refractivity contribution in [1.29, 1.82) is 0 Å². The number of halogens is 3. The van der Waals surface area contributed by atoms with E-state index in [0.29, 0.717) is 21.5 Å². The Labute approximate surface area is 108 Å². The topological polar surface area (TPSA) is 66.5 Å². The van der Waals surface area contributed by atoms with Crippen molar-refractivity contribution in [2.75, 3.05) is 6.61 Å². The van der Waals surface area contributed by atoms with E-state index < -0.39 is 6.04 Å². The number of phenolic OH excluding ortho intramolecular Hbond substituents is 1. The molecule has 0 heterocycles. The minimum Gasteiger partial charge on any atom is -0.506 e. The maximum Gasteiger partial charge on any atom is 0.134 e. The molecule has 15 heavy (non-hydrogen) atoms. The zero-order valence-electron chi connectivity index (χ0n) is 7.78. The van der Waals surface area contributed by atoms with Crippen LogP contribution >= 0.6 is 39.9 Å². The molecular formula is C9H12BrCl2NO2. The average Bonchev–Trinajstić information content (AvgIpc) is 2.11. The van der Waals surface area contributed by atoms with E-state index in [1.807, 2.05) is 0 Å². The molecule has 0 bridgehead atoms. The summed E-state index contributed by atoms with van der Waals surface area (Å²) in [5.74, 6) is 0.0790. The van der Waals surface area contributed by atoms with E-state index in [9.17, 15) is 5.11 Å². The molecule has 0 fully saturated rings. The number of hydrogen-bond acceptors (Lipinski definition) is 3. The van der Waals surface area contributed by atoms with Crippen molar-refractivity contribution in [3.8, 4) is 5.75 Å². The highest BCUT2D eigenvalue weighted by Gasteiger charge is 2.13. The van der Waals surface area contributed by atoms with Gasteiger partial charge in [0.05, 0.1) is 4.47 Å². The van der Waals surface area contributed by atoms with Gasteiger partial charge in [-0.25, -0.2) is 0 Å². The largest absolute Gasteiger partial charge is 0.506 e. The molecule has 0 aliphatic heterocycles. The van der Waals surface area contributed by atoms with Gasteiger partial charge in [-0.3, -0.25) is 0 Å². The summed E-state index contributed by atoms with van der Waals surface area (Å²) >= 11 is 8.97. The Kier molecular flexibility index (Phi) is 6.55. The van der Waals surface area contributed by atoms with Crippen molar-refractivity contribution >= 4 is 39.9 Å². The summed E-state index contributed by atoms with van der Waals surface area (Å²) in [5, 5.41) is 18.9. The van der Waals surface area contributed by atoms with Crippen LogP contribution in [0.3, 0.4) is 0 Å². The lowest BCUT2D eigenvalue weighted by Gasteiger charge is -2.13. The van der Waals surface area contributed by atoms with Crippen LogP contribution in [0.25, 0.3) is 0 Å². The highest BCUT2D eigenvalue weighted by molar-refractivity contribution is 9.10. The summed E-state index contributed by atoms with van der Waals surface area (Å²) in [5.41, 5.74) is 6.28. The third kappa shape index (κ3) is 3.81. The van der Waals surface area contributed by atoms with Gasteiger partial charge in [0.25, 0.3) is 0 Å². The number of hydrogen-bond donors (Lipinski definition) is 3. The summed E-state index contributed by atoms with van der Waals surface area (Å²) < 4.78 is 0.508. The minimum atomic E-state index is -0.407. The standard InChI is InChI=1S/C9H11BrClNO2.ClH/c10-7-4-5(11)3-6(9(7)14)8(12)1-2-13;/h3-4,8,13-14H,1-2,12H2;1H/t8-;/m0./s1. The first-order valence-electron chi connectivity index (χ1n) is 4.10. The second-order valence-electron chi connectivity index (χ2n) is 2.94. The van der Waals surface area contributed by atoms with Crippen molar-refractivity contribution in [1.82, 2.24) is 0 Å². The molecule has 86 valence electrons. The number of nitrogens with two attached hydrogens (primary N) is 1. The lowest BCUT2D eigenvalue weighted by molar-refractivity contribution is 0.275. The molecule has 0 spiro atoms. The molecule has 0 unspecified atom stereocenters. The van der Waals surface area contributed by atoms with E-state index in [-0.39, 0.29) is 24.8 Å². The number of rotatable bonds is 3. The first-order valence-corrected chi connectivity index (χ1v) is 5.27. The van der Waals surface area contributed by atoms with Gasteiger partial charge in [-0.2, -0.15) is 0 Å². The Balaban J connectivity index is 0.00000196. The normalized spacial score (nSPS) is 12.0. The SMILES string of the molecule is Cl.N[C@@H](CCO)c1cc(Cl)cc(Br)c1O. The number of aliphatic hydroxyl groups is 1. The maximum atomic E-state index is 9.65. The molecular weight excluding hydrogens is 305 g/mol. The molecule has 0 saturated heterocycles. The fourth-order valence-corrected chi connectivity index (χ4v) is 2.00. The molecule has 3 nitrogen and oxygen atoms in total. The van der Waals surface area contributed by atoms with Gasteiger partial charge in [-0.1, -0.05) is 11.6 Å². The van der Waals surface area contributed by atoms with Crippen molar-refractivity contribution in [2.45, 2.75) is 12.5 Å². The van der Waals surface area contributed by atoms with Crippen LogP contribution in [0.4, 0.5) is 0 Å². The Morgan fingerprint density at radius 3 is 2.60 bits per heavy atom. The average molecular weight is 317 g/mol. The zero-order chi connectivity index (χ0) is 10.7. The van der Waals surface area contributed by atoms with Crippen molar-refractivity contribution < 1.29 is 10.2 Å². The lowest BCUT2D eigenvalue weighted by atomic mass is 10.0. The van der Waals surface area contributed by atoms with Crippen LogP contribution in [0.1, 0.15) is 18.0 Å². The molecule has 1 rings (SSSR count). The summed E-state index contributed by atoms with van der Waals surface area (Å²) in [4.78, 5) is 0. The monoisotopic (exact) mass is 315 g/mol. The molecule has 0 aromatic heterocycles. The first-order chi connectivity index (χ1) is 6.56. The van der Waals surface area contributed by atoms with Gasteiger partial charge in [-0.15, -0.1) is 12.4 Å². The van der Waals surface area contributed by atoms with E-state index in [1.165, 1.54) is 0 Å². The van der Waals surface area contributed by atoms with Crippen LogP contribution in [-0.4, -0.2) is 16.8 Å². The predicted octanol–water partition coefficient (Wildman–Crippen LogP) is 2.61. The van der Waals surface area contributed by atoms with Crippen molar-refractivity contribution in [3.63, 3.8) is 0 Å². The second kappa shape index (κ2) is 6.55. The van der Waals surface area contributed by atoms with E-state index in [2.05, 4.69) is 15.9 Å². The Bertz CT molecular complexity index is 336. The highest BCUT2D eigenvalue weighted by atomic mass is 79.9. The van der Waals surface area contributed by atoms with Crippen LogP contribution in [0, 0.1) is 0 Å². The third-order valence-electron chi connectivity index (χ3n) is 1.90. The zero-order valence-corrected chi connectivity index (χ0v) is 10.9. The Morgan fingerprint density at radius 2 is 2.07 bits per heavy atom. The van der Waals surface area contributed by atoms with E-state index in [0.717, 1.165) is 0 Å². The van der Waals surface area contributed by atoms with Crippen LogP contribution in [0.2, 0.25) is 5.02 Å². The summed E-state index contributed by atoms with van der Waals surface area (Å²) in [7, 11) is 0. The number of aliphatic hydroxyl groups excluding tert-OH is 1. The second-order valence-corrected chi connectivity index (χ2v) is 4.23. The van der Waals surface area contributed by atoms with Gasteiger partial charge >= 0.3 is 0 Å². The van der Waals surface area contributed by atoms with Gasteiger partial charge in [0.2, 0.25) is 0 Å². The quantitative estimate of drug-likeness (QED) is 0.803. The summed E-state index contributed by atoms with van der Waals surface area (Å²) in [6, 6.07) is 2.78. The van der Waals surface area contributed by atoms with Gasteiger partial charge < -0.3 is 15.9 Å². The number of aromatic hydroxyl groups is 1. The molecule has 0 saturated carbocycles. The predicted molar refractivity (Wildman–Crippen MR) is 66.7 cm³/mol.